The standard InChI is InChI=1S/C24H17Cl2N3O3/c1-13-7-9-16(29(31)32)12-21(13)28-24(30)22-14(2)23(17-10-8-15(25)11-19(17)26)27-20-6-4-3-5-18(20)22/h3-12H,1-2H3,(H,28,30). The van der Waals surface area contributed by atoms with Crippen LogP contribution in [0.3, 0.4) is 0 Å². The van der Waals surface area contributed by atoms with E-state index in [0.717, 1.165) is 0 Å². The first-order chi connectivity index (χ1) is 15.3. The van der Waals surface area contributed by atoms with Crippen molar-refractivity contribution in [3.8, 4) is 11.3 Å². The SMILES string of the molecule is Cc1ccc([N+](=O)[O-])cc1NC(=O)c1c(C)c(-c2ccc(Cl)cc2Cl)nc2ccccc12. The van der Waals surface area contributed by atoms with E-state index in [1.807, 2.05) is 24.3 Å². The number of pyridine rings is 1. The summed E-state index contributed by atoms with van der Waals surface area (Å²) in [6.45, 7) is 3.57. The quantitative estimate of drug-likeness (QED) is 0.260. The smallest absolute Gasteiger partial charge is 0.271 e. The molecule has 8 heteroatoms. The second kappa shape index (κ2) is 8.57. The molecule has 0 aliphatic carbocycles. The summed E-state index contributed by atoms with van der Waals surface area (Å²) in [5.74, 6) is -0.393. The van der Waals surface area contributed by atoms with E-state index in [0.29, 0.717) is 54.6 Å². The molecule has 0 spiro atoms. The summed E-state index contributed by atoms with van der Waals surface area (Å²) in [7, 11) is 0. The first-order valence-electron chi connectivity index (χ1n) is 9.67. The maximum absolute atomic E-state index is 13.4. The minimum Gasteiger partial charge on any atom is -0.321 e. The number of aryl methyl sites for hydroxylation is 1. The number of rotatable bonds is 4. The molecule has 4 rings (SSSR count). The Bertz CT molecular complexity index is 1400. The minimum absolute atomic E-state index is 0.101. The number of carbonyl (C=O) groups excluding carboxylic acids is 1. The highest BCUT2D eigenvalue weighted by Gasteiger charge is 2.21. The zero-order valence-electron chi connectivity index (χ0n) is 17.1. The van der Waals surface area contributed by atoms with Gasteiger partial charge in [-0.3, -0.25) is 14.9 Å². The van der Waals surface area contributed by atoms with Crippen LogP contribution in [0.15, 0.2) is 60.7 Å². The molecule has 0 atom stereocenters. The first-order valence-corrected chi connectivity index (χ1v) is 10.4. The predicted octanol–water partition coefficient (Wildman–Crippen LogP) is 6.99. The molecule has 1 aromatic heterocycles. The minimum atomic E-state index is -0.497. The number of anilines is 1. The van der Waals surface area contributed by atoms with Crippen LogP contribution in [0.25, 0.3) is 22.2 Å². The Morgan fingerprint density at radius 3 is 2.50 bits per heavy atom. The van der Waals surface area contributed by atoms with Crippen LogP contribution < -0.4 is 5.32 Å². The molecule has 0 saturated heterocycles. The molecule has 0 fully saturated rings. The van der Waals surface area contributed by atoms with Gasteiger partial charge >= 0.3 is 0 Å². The van der Waals surface area contributed by atoms with Crippen LogP contribution in [-0.4, -0.2) is 15.8 Å². The van der Waals surface area contributed by atoms with Crippen LogP contribution in [0.2, 0.25) is 10.0 Å². The zero-order chi connectivity index (χ0) is 23.0. The topological polar surface area (TPSA) is 85.1 Å². The molecule has 0 unspecified atom stereocenters. The molecule has 160 valence electrons. The molecule has 1 heterocycles. The van der Waals surface area contributed by atoms with Gasteiger partial charge in [0.15, 0.2) is 0 Å². The van der Waals surface area contributed by atoms with Crippen molar-refractivity contribution in [2.45, 2.75) is 13.8 Å². The van der Waals surface area contributed by atoms with Gasteiger partial charge in [0.2, 0.25) is 0 Å². The number of amides is 1. The van der Waals surface area contributed by atoms with Gasteiger partial charge in [-0.15, -0.1) is 0 Å². The summed E-state index contributed by atoms with van der Waals surface area (Å²) in [5, 5.41) is 15.6. The molecule has 0 aliphatic rings. The van der Waals surface area contributed by atoms with Gasteiger partial charge in [-0.25, -0.2) is 4.98 Å². The van der Waals surface area contributed by atoms with E-state index < -0.39 is 10.8 Å². The molecule has 0 radical (unpaired) electrons. The summed E-state index contributed by atoms with van der Waals surface area (Å²) in [5.41, 5.74) is 3.87. The molecular formula is C24H17Cl2N3O3. The largest absolute Gasteiger partial charge is 0.321 e. The van der Waals surface area contributed by atoms with E-state index in [-0.39, 0.29) is 5.69 Å². The normalized spacial score (nSPS) is 10.9. The van der Waals surface area contributed by atoms with E-state index in [9.17, 15) is 14.9 Å². The maximum Gasteiger partial charge on any atom is 0.271 e. The van der Waals surface area contributed by atoms with Crippen LogP contribution in [0.4, 0.5) is 11.4 Å². The maximum atomic E-state index is 13.4. The molecule has 6 nitrogen and oxygen atoms in total. The number of halogens is 2. The van der Waals surface area contributed by atoms with Gasteiger partial charge in [-0.2, -0.15) is 0 Å². The van der Waals surface area contributed by atoms with Gasteiger partial charge in [0.1, 0.15) is 0 Å². The Morgan fingerprint density at radius 2 is 1.78 bits per heavy atom. The molecule has 0 bridgehead atoms. The van der Waals surface area contributed by atoms with Gasteiger partial charge in [0.25, 0.3) is 11.6 Å². The average molecular weight is 466 g/mol. The van der Waals surface area contributed by atoms with Crippen LogP contribution in [0, 0.1) is 24.0 Å². The van der Waals surface area contributed by atoms with Gasteiger partial charge in [0, 0.05) is 28.1 Å². The fourth-order valence-electron chi connectivity index (χ4n) is 3.59. The van der Waals surface area contributed by atoms with E-state index in [4.69, 9.17) is 28.2 Å². The number of nitrogens with zero attached hydrogens (tertiary/aromatic N) is 2. The fourth-order valence-corrected chi connectivity index (χ4v) is 4.08. The second-order valence-corrected chi connectivity index (χ2v) is 8.16. The number of nitro groups is 1. The van der Waals surface area contributed by atoms with Crippen LogP contribution in [0.1, 0.15) is 21.5 Å². The third-order valence-corrected chi connectivity index (χ3v) is 5.78. The van der Waals surface area contributed by atoms with Crippen molar-refractivity contribution in [1.82, 2.24) is 4.98 Å². The van der Waals surface area contributed by atoms with Gasteiger partial charge in [0.05, 0.1) is 32.4 Å². The Labute approximate surface area is 194 Å². The Kier molecular flexibility index (Phi) is 5.82. The molecule has 3 aromatic carbocycles. The lowest BCUT2D eigenvalue weighted by atomic mass is 9.97. The van der Waals surface area contributed by atoms with E-state index in [1.54, 1.807) is 38.1 Å². The summed E-state index contributed by atoms with van der Waals surface area (Å²) >= 11 is 12.5. The molecule has 4 aromatic rings. The van der Waals surface area contributed by atoms with Crippen molar-refractivity contribution in [3.63, 3.8) is 0 Å². The highest BCUT2D eigenvalue weighted by molar-refractivity contribution is 6.36. The third kappa shape index (κ3) is 4.02. The van der Waals surface area contributed by atoms with Crippen molar-refractivity contribution in [3.05, 3.63) is 97.5 Å². The van der Waals surface area contributed by atoms with Crippen LogP contribution in [-0.2, 0) is 0 Å². The number of hydrogen-bond acceptors (Lipinski definition) is 4. The summed E-state index contributed by atoms with van der Waals surface area (Å²) in [6, 6.07) is 16.8. The Balaban J connectivity index is 1.88. The van der Waals surface area contributed by atoms with Crippen molar-refractivity contribution < 1.29 is 9.72 Å². The monoisotopic (exact) mass is 465 g/mol. The van der Waals surface area contributed by atoms with Gasteiger partial charge in [-0.05, 0) is 49.2 Å². The van der Waals surface area contributed by atoms with E-state index in [2.05, 4.69) is 5.32 Å². The highest BCUT2D eigenvalue weighted by atomic mass is 35.5. The number of benzene rings is 3. The average Bonchev–Trinajstić information content (AvgIpc) is 2.75. The summed E-state index contributed by atoms with van der Waals surface area (Å²) in [4.78, 5) is 28.9. The number of nitro benzene ring substituents is 1. The molecule has 32 heavy (non-hydrogen) atoms. The number of hydrogen-bond donors (Lipinski definition) is 1. The number of fused-ring (bicyclic) bond motifs is 1. The third-order valence-electron chi connectivity index (χ3n) is 5.23. The number of nitrogens with one attached hydrogen (secondary N) is 1. The Hall–Kier alpha value is -3.48. The first kappa shape index (κ1) is 21.7. The molecule has 0 aliphatic heterocycles. The van der Waals surface area contributed by atoms with Gasteiger partial charge < -0.3 is 5.32 Å². The summed E-state index contributed by atoms with van der Waals surface area (Å²) in [6.07, 6.45) is 0. The highest BCUT2D eigenvalue weighted by Crippen LogP contribution is 2.35. The predicted molar refractivity (Wildman–Crippen MR) is 128 cm³/mol. The molecular weight excluding hydrogens is 449 g/mol. The second-order valence-electron chi connectivity index (χ2n) is 7.31. The van der Waals surface area contributed by atoms with Crippen LogP contribution in [0.5, 0.6) is 0 Å². The summed E-state index contributed by atoms with van der Waals surface area (Å²) < 4.78 is 0. The molecule has 1 amide bonds. The van der Waals surface area contributed by atoms with E-state index >= 15 is 0 Å². The Morgan fingerprint density at radius 1 is 1.03 bits per heavy atom. The molecule has 1 N–H and O–H groups in total. The van der Waals surface area contributed by atoms with Crippen molar-refractivity contribution >= 4 is 51.4 Å². The van der Waals surface area contributed by atoms with Crippen molar-refractivity contribution in [2.75, 3.05) is 5.32 Å². The lowest BCUT2D eigenvalue weighted by Gasteiger charge is -2.16. The van der Waals surface area contributed by atoms with Crippen LogP contribution >= 0.6 is 23.2 Å². The van der Waals surface area contributed by atoms with E-state index in [1.165, 1.54) is 12.1 Å². The lowest BCUT2D eigenvalue weighted by Crippen LogP contribution is -2.16. The number of aromatic nitrogens is 1. The fraction of sp³-hybridized carbons (Fsp3) is 0.0833. The van der Waals surface area contributed by atoms with Crippen molar-refractivity contribution in [1.29, 1.82) is 0 Å². The molecule has 0 saturated carbocycles. The number of para-hydroxylation sites is 1. The zero-order valence-corrected chi connectivity index (χ0v) is 18.7. The lowest BCUT2D eigenvalue weighted by molar-refractivity contribution is -0.384. The number of carbonyl (C=O) groups is 1. The number of non-ortho nitro benzene ring substituents is 1. The van der Waals surface area contributed by atoms with Gasteiger partial charge in [-0.1, -0.05) is 47.5 Å². The van der Waals surface area contributed by atoms with Crippen molar-refractivity contribution in [2.24, 2.45) is 0 Å².